The Labute approximate surface area is 160 Å². The van der Waals surface area contributed by atoms with E-state index in [1.807, 2.05) is 61.5 Å². The lowest BCUT2D eigenvalue weighted by Gasteiger charge is -2.25. The average molecular weight is 369 g/mol. The van der Waals surface area contributed by atoms with E-state index in [9.17, 15) is 9.59 Å². The van der Waals surface area contributed by atoms with E-state index >= 15 is 0 Å². The molecule has 1 atom stereocenters. The van der Waals surface area contributed by atoms with Crippen LogP contribution in [0.2, 0.25) is 0 Å². The van der Waals surface area contributed by atoms with Gasteiger partial charge in [0.25, 0.3) is 0 Å². The first-order valence-corrected chi connectivity index (χ1v) is 9.14. The van der Waals surface area contributed by atoms with Gasteiger partial charge in [0.2, 0.25) is 5.91 Å². The summed E-state index contributed by atoms with van der Waals surface area (Å²) in [5, 5.41) is 0. The van der Waals surface area contributed by atoms with Crippen molar-refractivity contribution in [1.82, 2.24) is 4.90 Å². The summed E-state index contributed by atoms with van der Waals surface area (Å²) in [6.07, 6.45) is 0.271. The molecule has 0 saturated carbocycles. The number of esters is 1. The number of carbonyl (C=O) groups is 2. The van der Waals surface area contributed by atoms with Gasteiger partial charge in [-0.1, -0.05) is 49.4 Å². The standard InChI is InChI=1S/C22H27NO4/c1-4-27-20-12-10-18(11-13-20)14-21(24)23(15-17(2)22(25)26-3)16-19-8-6-5-7-9-19/h5-13,17H,4,14-16H2,1-3H3. The number of ether oxygens (including phenoxy) is 2. The van der Waals surface area contributed by atoms with E-state index in [4.69, 9.17) is 9.47 Å². The zero-order valence-corrected chi connectivity index (χ0v) is 16.2. The summed E-state index contributed by atoms with van der Waals surface area (Å²) in [5.74, 6) is 0.0536. The van der Waals surface area contributed by atoms with Crippen molar-refractivity contribution < 1.29 is 19.1 Å². The van der Waals surface area contributed by atoms with E-state index < -0.39 is 0 Å². The largest absolute Gasteiger partial charge is 0.494 e. The second kappa shape index (κ2) is 10.4. The maximum Gasteiger partial charge on any atom is 0.310 e. The minimum absolute atomic E-state index is 0.0289. The molecular formula is C22H27NO4. The van der Waals surface area contributed by atoms with Gasteiger partial charge in [0.1, 0.15) is 5.75 Å². The van der Waals surface area contributed by atoms with Crippen LogP contribution in [0.5, 0.6) is 5.75 Å². The maximum absolute atomic E-state index is 12.9. The molecule has 5 nitrogen and oxygen atoms in total. The number of hydrogen-bond donors (Lipinski definition) is 0. The topological polar surface area (TPSA) is 55.8 Å². The van der Waals surface area contributed by atoms with Crippen LogP contribution in [-0.4, -0.2) is 37.0 Å². The normalized spacial score (nSPS) is 11.5. The van der Waals surface area contributed by atoms with Gasteiger partial charge in [0, 0.05) is 13.1 Å². The fraction of sp³-hybridized carbons (Fsp3) is 0.364. The van der Waals surface area contributed by atoms with E-state index in [-0.39, 0.29) is 24.2 Å². The zero-order chi connectivity index (χ0) is 19.6. The summed E-state index contributed by atoms with van der Waals surface area (Å²) in [6.45, 7) is 5.08. The minimum Gasteiger partial charge on any atom is -0.494 e. The number of hydrogen-bond acceptors (Lipinski definition) is 4. The highest BCUT2D eigenvalue weighted by molar-refractivity contribution is 5.80. The van der Waals surface area contributed by atoms with Crippen LogP contribution in [0.1, 0.15) is 25.0 Å². The molecule has 144 valence electrons. The van der Waals surface area contributed by atoms with Gasteiger partial charge in [-0.2, -0.15) is 0 Å². The SMILES string of the molecule is CCOc1ccc(CC(=O)N(Cc2ccccc2)CC(C)C(=O)OC)cc1. The third-order valence-corrected chi connectivity index (χ3v) is 4.26. The third kappa shape index (κ3) is 6.44. The summed E-state index contributed by atoms with van der Waals surface area (Å²) >= 11 is 0. The molecule has 1 amide bonds. The van der Waals surface area contributed by atoms with Crippen LogP contribution >= 0.6 is 0 Å². The van der Waals surface area contributed by atoms with Crippen molar-refractivity contribution in [1.29, 1.82) is 0 Å². The lowest BCUT2D eigenvalue weighted by atomic mass is 10.1. The van der Waals surface area contributed by atoms with Crippen molar-refractivity contribution in [2.24, 2.45) is 5.92 Å². The molecule has 0 heterocycles. The van der Waals surface area contributed by atoms with Gasteiger partial charge in [-0.3, -0.25) is 9.59 Å². The Kier molecular flexibility index (Phi) is 7.86. The first-order chi connectivity index (χ1) is 13.0. The highest BCUT2D eigenvalue weighted by Crippen LogP contribution is 2.15. The van der Waals surface area contributed by atoms with Crippen LogP contribution in [0, 0.1) is 5.92 Å². The molecule has 2 aromatic carbocycles. The molecule has 0 spiro atoms. The second-order valence-corrected chi connectivity index (χ2v) is 6.44. The number of nitrogens with zero attached hydrogens (tertiary/aromatic N) is 1. The molecule has 0 aliphatic heterocycles. The Bertz CT molecular complexity index is 728. The van der Waals surface area contributed by atoms with Crippen LogP contribution in [0.15, 0.2) is 54.6 Å². The molecule has 0 bridgehead atoms. The molecule has 0 fully saturated rings. The quantitative estimate of drug-likeness (QED) is 0.635. The van der Waals surface area contributed by atoms with Crippen molar-refractivity contribution in [3.05, 3.63) is 65.7 Å². The predicted octanol–water partition coefficient (Wildman–Crippen LogP) is 3.47. The maximum atomic E-state index is 12.9. The molecule has 0 N–H and O–H groups in total. The van der Waals surface area contributed by atoms with Crippen LogP contribution in [0.3, 0.4) is 0 Å². The first-order valence-electron chi connectivity index (χ1n) is 9.14. The molecule has 0 aliphatic rings. The summed E-state index contributed by atoms with van der Waals surface area (Å²) in [4.78, 5) is 26.4. The molecule has 0 aromatic heterocycles. The van der Waals surface area contributed by atoms with Crippen LogP contribution in [0.4, 0.5) is 0 Å². The Balaban J connectivity index is 2.10. The van der Waals surface area contributed by atoms with E-state index in [1.165, 1.54) is 7.11 Å². The molecule has 2 aromatic rings. The van der Waals surface area contributed by atoms with Crippen LogP contribution in [-0.2, 0) is 27.3 Å². The molecule has 27 heavy (non-hydrogen) atoms. The third-order valence-electron chi connectivity index (χ3n) is 4.26. The Morgan fingerprint density at radius 1 is 1.00 bits per heavy atom. The fourth-order valence-electron chi connectivity index (χ4n) is 2.82. The van der Waals surface area contributed by atoms with Gasteiger partial charge < -0.3 is 14.4 Å². The van der Waals surface area contributed by atoms with Crippen molar-refractivity contribution in [2.75, 3.05) is 20.3 Å². The Morgan fingerprint density at radius 3 is 2.26 bits per heavy atom. The van der Waals surface area contributed by atoms with Gasteiger partial charge in [0.05, 0.1) is 26.1 Å². The molecule has 2 rings (SSSR count). The zero-order valence-electron chi connectivity index (χ0n) is 16.2. The van der Waals surface area contributed by atoms with Gasteiger partial charge in [0.15, 0.2) is 0 Å². The number of carbonyl (C=O) groups excluding carboxylic acids is 2. The van der Waals surface area contributed by atoms with Crippen molar-refractivity contribution in [3.63, 3.8) is 0 Å². The van der Waals surface area contributed by atoms with Gasteiger partial charge in [-0.25, -0.2) is 0 Å². The van der Waals surface area contributed by atoms with E-state index in [2.05, 4.69) is 0 Å². The summed E-state index contributed by atoms with van der Waals surface area (Å²) in [7, 11) is 1.36. The van der Waals surface area contributed by atoms with Gasteiger partial charge >= 0.3 is 5.97 Å². The monoisotopic (exact) mass is 369 g/mol. The van der Waals surface area contributed by atoms with Crippen LogP contribution < -0.4 is 4.74 Å². The number of methoxy groups -OCH3 is 1. The Hall–Kier alpha value is -2.82. The molecular weight excluding hydrogens is 342 g/mol. The predicted molar refractivity (Wildman–Crippen MR) is 104 cm³/mol. The fourth-order valence-corrected chi connectivity index (χ4v) is 2.82. The smallest absolute Gasteiger partial charge is 0.310 e. The van der Waals surface area contributed by atoms with E-state index in [0.717, 1.165) is 16.9 Å². The summed E-state index contributed by atoms with van der Waals surface area (Å²) in [5.41, 5.74) is 1.93. The first kappa shape index (κ1) is 20.5. The Morgan fingerprint density at radius 2 is 1.67 bits per heavy atom. The minimum atomic E-state index is -0.386. The van der Waals surface area contributed by atoms with Crippen molar-refractivity contribution in [3.8, 4) is 5.75 Å². The number of benzene rings is 2. The lowest BCUT2D eigenvalue weighted by Crippen LogP contribution is -2.37. The molecule has 0 radical (unpaired) electrons. The van der Waals surface area contributed by atoms with E-state index in [1.54, 1.807) is 11.8 Å². The second-order valence-electron chi connectivity index (χ2n) is 6.44. The van der Waals surface area contributed by atoms with E-state index in [0.29, 0.717) is 19.7 Å². The molecule has 5 heteroatoms. The van der Waals surface area contributed by atoms with Crippen molar-refractivity contribution >= 4 is 11.9 Å². The highest BCUT2D eigenvalue weighted by atomic mass is 16.5. The molecule has 0 aliphatic carbocycles. The summed E-state index contributed by atoms with van der Waals surface area (Å²) in [6, 6.07) is 17.3. The number of rotatable bonds is 9. The van der Waals surface area contributed by atoms with Crippen LogP contribution in [0.25, 0.3) is 0 Å². The lowest BCUT2D eigenvalue weighted by molar-refractivity contribution is -0.146. The van der Waals surface area contributed by atoms with Gasteiger partial charge in [-0.05, 0) is 30.2 Å². The van der Waals surface area contributed by atoms with Gasteiger partial charge in [-0.15, -0.1) is 0 Å². The molecule has 0 saturated heterocycles. The highest BCUT2D eigenvalue weighted by Gasteiger charge is 2.22. The summed E-state index contributed by atoms with van der Waals surface area (Å²) < 4.78 is 10.2. The number of amides is 1. The molecule has 1 unspecified atom stereocenters. The van der Waals surface area contributed by atoms with Crippen molar-refractivity contribution in [2.45, 2.75) is 26.8 Å². The average Bonchev–Trinajstić information content (AvgIpc) is 2.69.